The molecule has 2 N–H and O–H groups in total. The number of halogens is 3. The highest BCUT2D eigenvalue weighted by Crippen LogP contribution is 2.41. The van der Waals surface area contributed by atoms with Crippen LogP contribution >= 0.6 is 27.5 Å². The first-order chi connectivity index (χ1) is 9.54. The summed E-state index contributed by atoms with van der Waals surface area (Å²) in [7, 11) is 0. The molecule has 1 heterocycles. The molecule has 0 bridgehead atoms. The Morgan fingerprint density at radius 1 is 1.25 bits per heavy atom. The van der Waals surface area contributed by atoms with E-state index in [1.54, 1.807) is 18.2 Å². The lowest BCUT2D eigenvalue weighted by Crippen LogP contribution is -2.24. The van der Waals surface area contributed by atoms with Crippen LogP contribution in [-0.4, -0.2) is 0 Å². The van der Waals surface area contributed by atoms with Crippen molar-refractivity contribution in [2.75, 3.05) is 0 Å². The topological polar surface area (TPSA) is 35.2 Å². The van der Waals surface area contributed by atoms with E-state index < -0.39 is 0 Å². The molecule has 1 aliphatic heterocycles. The molecule has 0 amide bonds. The molecular formula is C15H12BrClFNO. The monoisotopic (exact) mass is 355 g/mol. The van der Waals surface area contributed by atoms with Gasteiger partial charge in [0.15, 0.2) is 0 Å². The first kappa shape index (κ1) is 13.9. The summed E-state index contributed by atoms with van der Waals surface area (Å²) in [6, 6.07) is 10.2. The van der Waals surface area contributed by atoms with Crippen LogP contribution in [0.1, 0.15) is 29.7 Å². The third-order valence-corrected chi connectivity index (χ3v) is 4.27. The second-order valence-corrected chi connectivity index (χ2v) is 6.10. The normalized spacial score (nSPS) is 21.2. The predicted octanol–water partition coefficient (Wildman–Crippen LogP) is 4.77. The molecule has 2 unspecified atom stereocenters. The van der Waals surface area contributed by atoms with Crippen molar-refractivity contribution in [2.24, 2.45) is 5.73 Å². The van der Waals surface area contributed by atoms with Gasteiger partial charge in [-0.3, -0.25) is 0 Å². The Bertz CT molecular complexity index is 664. The molecule has 1 aliphatic rings. The smallest absolute Gasteiger partial charge is 0.137 e. The quantitative estimate of drug-likeness (QED) is 0.799. The van der Waals surface area contributed by atoms with Crippen molar-refractivity contribution >= 4 is 27.5 Å². The summed E-state index contributed by atoms with van der Waals surface area (Å²) in [5.41, 5.74) is 8.00. The van der Waals surface area contributed by atoms with Gasteiger partial charge in [-0.1, -0.05) is 17.7 Å². The van der Waals surface area contributed by atoms with Gasteiger partial charge < -0.3 is 10.5 Å². The Balaban J connectivity index is 1.94. The molecule has 0 saturated heterocycles. The number of nitrogens with two attached hydrogens (primary N) is 1. The van der Waals surface area contributed by atoms with E-state index in [1.807, 2.05) is 12.1 Å². The van der Waals surface area contributed by atoms with Crippen LogP contribution in [0.5, 0.6) is 5.75 Å². The number of fused-ring (bicyclic) bond motifs is 1. The van der Waals surface area contributed by atoms with Gasteiger partial charge in [0.2, 0.25) is 0 Å². The zero-order chi connectivity index (χ0) is 14.3. The summed E-state index contributed by atoms with van der Waals surface area (Å²) >= 11 is 9.16. The van der Waals surface area contributed by atoms with E-state index in [4.69, 9.17) is 22.1 Å². The van der Waals surface area contributed by atoms with Crippen LogP contribution in [0.4, 0.5) is 4.39 Å². The van der Waals surface area contributed by atoms with Crippen molar-refractivity contribution in [3.05, 3.63) is 62.8 Å². The molecule has 2 nitrogen and oxygen atoms in total. The van der Waals surface area contributed by atoms with Gasteiger partial charge in [-0.2, -0.15) is 0 Å². The van der Waals surface area contributed by atoms with Crippen LogP contribution in [0.2, 0.25) is 5.02 Å². The zero-order valence-electron chi connectivity index (χ0n) is 10.4. The molecule has 0 aliphatic carbocycles. The molecule has 0 saturated carbocycles. The molecule has 0 spiro atoms. The van der Waals surface area contributed by atoms with Gasteiger partial charge in [-0.05, 0) is 51.8 Å². The SMILES string of the molecule is NC1CC(c2ccc(F)c(Br)c2)Oc2ccc(Cl)cc21. The highest BCUT2D eigenvalue weighted by atomic mass is 79.9. The molecule has 20 heavy (non-hydrogen) atoms. The molecule has 0 radical (unpaired) electrons. The maximum absolute atomic E-state index is 13.3. The van der Waals surface area contributed by atoms with Gasteiger partial charge in [-0.15, -0.1) is 0 Å². The summed E-state index contributed by atoms with van der Waals surface area (Å²) in [5.74, 6) is 0.444. The van der Waals surface area contributed by atoms with Crippen molar-refractivity contribution in [3.63, 3.8) is 0 Å². The second kappa shape index (κ2) is 5.35. The second-order valence-electron chi connectivity index (χ2n) is 4.80. The first-order valence-corrected chi connectivity index (χ1v) is 7.38. The Morgan fingerprint density at radius 2 is 2.05 bits per heavy atom. The Morgan fingerprint density at radius 3 is 2.80 bits per heavy atom. The molecular weight excluding hydrogens is 345 g/mol. The lowest BCUT2D eigenvalue weighted by Gasteiger charge is -2.30. The Hall–Kier alpha value is -1.10. The highest BCUT2D eigenvalue weighted by Gasteiger charge is 2.27. The summed E-state index contributed by atoms with van der Waals surface area (Å²) in [4.78, 5) is 0. The third kappa shape index (κ3) is 2.55. The molecule has 2 atom stereocenters. The molecule has 2 aromatic carbocycles. The Labute approximate surface area is 129 Å². The minimum absolute atomic E-state index is 0.147. The van der Waals surface area contributed by atoms with Crippen molar-refractivity contribution in [1.82, 2.24) is 0 Å². The average molecular weight is 357 g/mol. The molecule has 104 valence electrons. The molecule has 3 rings (SSSR count). The lowest BCUT2D eigenvalue weighted by atomic mass is 9.93. The maximum atomic E-state index is 13.3. The van der Waals surface area contributed by atoms with E-state index in [0.29, 0.717) is 15.9 Å². The zero-order valence-corrected chi connectivity index (χ0v) is 12.8. The number of rotatable bonds is 1. The van der Waals surface area contributed by atoms with E-state index in [9.17, 15) is 4.39 Å². The van der Waals surface area contributed by atoms with Crippen LogP contribution in [0, 0.1) is 5.82 Å². The molecule has 2 aromatic rings. The van der Waals surface area contributed by atoms with Crippen LogP contribution in [0.3, 0.4) is 0 Å². The van der Waals surface area contributed by atoms with Crippen molar-refractivity contribution in [2.45, 2.75) is 18.6 Å². The summed E-state index contributed by atoms with van der Waals surface area (Å²) in [5, 5.41) is 0.644. The van der Waals surface area contributed by atoms with Crippen molar-refractivity contribution in [3.8, 4) is 5.75 Å². The predicted molar refractivity (Wildman–Crippen MR) is 80.5 cm³/mol. The average Bonchev–Trinajstić information content (AvgIpc) is 2.42. The number of hydrogen-bond donors (Lipinski definition) is 1. The lowest BCUT2D eigenvalue weighted by molar-refractivity contribution is 0.161. The van der Waals surface area contributed by atoms with Crippen LogP contribution in [-0.2, 0) is 0 Å². The van der Waals surface area contributed by atoms with Gasteiger partial charge in [0, 0.05) is 23.0 Å². The van der Waals surface area contributed by atoms with Gasteiger partial charge in [0.1, 0.15) is 17.7 Å². The van der Waals surface area contributed by atoms with Crippen LogP contribution in [0.15, 0.2) is 40.9 Å². The van der Waals surface area contributed by atoms with Gasteiger partial charge in [0.05, 0.1) is 4.47 Å². The molecule has 0 aromatic heterocycles. The minimum atomic E-state index is -0.291. The molecule has 5 heteroatoms. The van der Waals surface area contributed by atoms with Crippen molar-refractivity contribution in [1.29, 1.82) is 0 Å². The summed E-state index contributed by atoms with van der Waals surface area (Å²) in [6.07, 6.45) is 0.446. The van der Waals surface area contributed by atoms with E-state index in [-0.39, 0.29) is 18.0 Å². The fraction of sp³-hybridized carbons (Fsp3) is 0.200. The fourth-order valence-corrected chi connectivity index (χ4v) is 2.97. The van der Waals surface area contributed by atoms with Crippen LogP contribution in [0.25, 0.3) is 0 Å². The Kier molecular flexibility index (Phi) is 3.71. The third-order valence-electron chi connectivity index (χ3n) is 3.42. The first-order valence-electron chi connectivity index (χ1n) is 6.21. The van der Waals surface area contributed by atoms with Gasteiger partial charge in [0.25, 0.3) is 0 Å². The van der Waals surface area contributed by atoms with Crippen LogP contribution < -0.4 is 10.5 Å². The van der Waals surface area contributed by atoms with Gasteiger partial charge in [-0.25, -0.2) is 4.39 Å². The maximum Gasteiger partial charge on any atom is 0.137 e. The van der Waals surface area contributed by atoms with E-state index in [0.717, 1.165) is 16.9 Å². The highest BCUT2D eigenvalue weighted by molar-refractivity contribution is 9.10. The fourth-order valence-electron chi connectivity index (χ4n) is 2.39. The number of hydrogen-bond acceptors (Lipinski definition) is 2. The number of benzene rings is 2. The minimum Gasteiger partial charge on any atom is -0.485 e. The van der Waals surface area contributed by atoms with E-state index in [2.05, 4.69) is 15.9 Å². The molecule has 0 fully saturated rings. The summed E-state index contributed by atoms with van der Waals surface area (Å²) < 4.78 is 19.7. The van der Waals surface area contributed by atoms with E-state index >= 15 is 0 Å². The van der Waals surface area contributed by atoms with E-state index in [1.165, 1.54) is 6.07 Å². The standard InChI is InChI=1S/C15H12BrClFNO/c16-11-5-8(1-3-12(11)18)15-7-13(19)10-6-9(17)2-4-14(10)20-15/h1-6,13,15H,7,19H2. The summed E-state index contributed by atoms with van der Waals surface area (Å²) in [6.45, 7) is 0. The number of ether oxygens (including phenoxy) is 1. The van der Waals surface area contributed by atoms with Crippen molar-refractivity contribution < 1.29 is 9.13 Å². The van der Waals surface area contributed by atoms with Gasteiger partial charge >= 0.3 is 0 Å². The largest absolute Gasteiger partial charge is 0.485 e.